The van der Waals surface area contributed by atoms with E-state index in [9.17, 15) is 9.90 Å². The number of thiocarbonyl (C=S) groups is 1. The molecule has 6 heteroatoms. The molecule has 1 saturated heterocycles. The minimum atomic E-state index is -0.175. The number of aromatic hydroxyl groups is 1. The summed E-state index contributed by atoms with van der Waals surface area (Å²) in [4.78, 5) is 12.2. The minimum absolute atomic E-state index is 0.175. The van der Waals surface area contributed by atoms with Gasteiger partial charge in [-0.2, -0.15) is 0 Å². The van der Waals surface area contributed by atoms with Gasteiger partial charge in [-0.3, -0.25) is 4.79 Å². The van der Waals surface area contributed by atoms with Gasteiger partial charge in [-0.15, -0.1) is 0 Å². The molecule has 1 aliphatic rings. The molecule has 0 bridgehead atoms. The number of ether oxygens (including phenoxy) is 1. The average Bonchev–Trinajstić information content (AvgIpc) is 2.83. The molecule has 2 aromatic rings. The average molecular weight is 343 g/mol. The summed E-state index contributed by atoms with van der Waals surface area (Å²) in [5.74, 6) is 0.726. The summed E-state index contributed by atoms with van der Waals surface area (Å²) in [6.07, 6.45) is 1.78. The summed E-state index contributed by atoms with van der Waals surface area (Å²) in [5.41, 5.74) is 1.74. The monoisotopic (exact) mass is 343 g/mol. The van der Waals surface area contributed by atoms with Crippen molar-refractivity contribution in [2.75, 3.05) is 0 Å². The zero-order valence-electron chi connectivity index (χ0n) is 12.0. The Kier molecular flexibility index (Phi) is 4.64. The molecule has 0 spiro atoms. The number of hydrogen-bond donors (Lipinski definition) is 2. The molecule has 1 heterocycles. The Morgan fingerprint density at radius 3 is 2.78 bits per heavy atom. The van der Waals surface area contributed by atoms with E-state index in [0.717, 1.165) is 11.1 Å². The van der Waals surface area contributed by atoms with Crippen LogP contribution in [0.2, 0.25) is 0 Å². The summed E-state index contributed by atoms with van der Waals surface area (Å²) in [6.45, 7) is 0.355. The number of thioether (sulfide) groups is 1. The molecule has 4 nitrogen and oxygen atoms in total. The molecular weight excluding hydrogens is 330 g/mol. The molecule has 23 heavy (non-hydrogen) atoms. The third-order valence-electron chi connectivity index (χ3n) is 3.11. The number of rotatable bonds is 4. The lowest BCUT2D eigenvalue weighted by Gasteiger charge is -2.07. The van der Waals surface area contributed by atoms with Crippen LogP contribution < -0.4 is 10.1 Å². The fourth-order valence-electron chi connectivity index (χ4n) is 2.08. The van der Waals surface area contributed by atoms with Crippen molar-refractivity contribution in [3.05, 3.63) is 64.6 Å². The molecule has 2 N–H and O–H groups in total. The van der Waals surface area contributed by atoms with Crippen LogP contribution >= 0.6 is 24.0 Å². The first-order chi connectivity index (χ1) is 11.1. The van der Waals surface area contributed by atoms with E-state index in [4.69, 9.17) is 17.0 Å². The molecule has 0 aromatic heterocycles. The van der Waals surface area contributed by atoms with Crippen LogP contribution in [0.15, 0.2) is 53.4 Å². The molecule has 2 aromatic carbocycles. The van der Waals surface area contributed by atoms with Crippen LogP contribution in [-0.4, -0.2) is 15.3 Å². The van der Waals surface area contributed by atoms with Crippen LogP contribution in [0.3, 0.4) is 0 Å². The third-order valence-corrected chi connectivity index (χ3v) is 4.28. The summed E-state index contributed by atoms with van der Waals surface area (Å²) in [7, 11) is 0. The number of carbonyl (C=O) groups excluding carboxylic acids is 1. The van der Waals surface area contributed by atoms with Gasteiger partial charge in [-0.05, 0) is 41.5 Å². The van der Waals surface area contributed by atoms with E-state index in [2.05, 4.69) is 5.32 Å². The second kappa shape index (κ2) is 6.85. The van der Waals surface area contributed by atoms with Crippen LogP contribution in [0.25, 0.3) is 6.08 Å². The lowest BCUT2D eigenvalue weighted by Crippen LogP contribution is -2.17. The van der Waals surface area contributed by atoms with Crippen LogP contribution in [0.1, 0.15) is 11.1 Å². The highest BCUT2D eigenvalue weighted by atomic mass is 32.2. The molecule has 116 valence electrons. The molecule has 1 aliphatic heterocycles. The van der Waals surface area contributed by atoms with Crippen molar-refractivity contribution in [1.82, 2.24) is 5.32 Å². The standard InChI is InChI=1S/C17H13NO3S2/c19-13-5-1-4-12(7-13)10-21-14-6-2-3-11(8-14)9-15-16(20)18-17(22)23-15/h1-9,19H,10H2,(H,18,20,22). The predicted molar refractivity (Wildman–Crippen MR) is 95.2 cm³/mol. The first-order valence-corrected chi connectivity index (χ1v) is 8.08. The second-order valence-electron chi connectivity index (χ2n) is 4.88. The number of carbonyl (C=O) groups is 1. The zero-order valence-corrected chi connectivity index (χ0v) is 13.6. The Bertz CT molecular complexity index is 802. The lowest BCUT2D eigenvalue weighted by molar-refractivity contribution is -0.115. The van der Waals surface area contributed by atoms with E-state index in [1.54, 1.807) is 24.3 Å². The van der Waals surface area contributed by atoms with Crippen LogP contribution in [0, 0.1) is 0 Å². The van der Waals surface area contributed by atoms with Crippen molar-refractivity contribution < 1.29 is 14.6 Å². The Hall–Kier alpha value is -2.31. The maximum Gasteiger partial charge on any atom is 0.263 e. The van der Waals surface area contributed by atoms with Gasteiger partial charge in [0.2, 0.25) is 0 Å². The number of nitrogens with one attached hydrogen (secondary N) is 1. The van der Waals surface area contributed by atoms with Gasteiger partial charge in [0.15, 0.2) is 0 Å². The van der Waals surface area contributed by atoms with Crippen molar-refractivity contribution >= 4 is 40.3 Å². The van der Waals surface area contributed by atoms with E-state index in [-0.39, 0.29) is 11.7 Å². The molecule has 0 atom stereocenters. The van der Waals surface area contributed by atoms with E-state index in [1.165, 1.54) is 11.8 Å². The molecule has 1 amide bonds. The third kappa shape index (κ3) is 4.12. The number of amides is 1. The van der Waals surface area contributed by atoms with E-state index >= 15 is 0 Å². The van der Waals surface area contributed by atoms with E-state index in [0.29, 0.717) is 21.6 Å². The Labute approximate surface area is 143 Å². The number of benzene rings is 2. The van der Waals surface area contributed by atoms with E-state index in [1.807, 2.05) is 30.3 Å². The normalized spacial score (nSPS) is 15.7. The quantitative estimate of drug-likeness (QED) is 0.658. The van der Waals surface area contributed by atoms with Crippen molar-refractivity contribution in [3.8, 4) is 11.5 Å². The maximum atomic E-state index is 11.7. The zero-order chi connectivity index (χ0) is 16.2. The van der Waals surface area contributed by atoms with Crippen molar-refractivity contribution in [2.24, 2.45) is 0 Å². The summed E-state index contributed by atoms with van der Waals surface area (Å²) < 4.78 is 6.20. The second-order valence-corrected chi connectivity index (χ2v) is 6.60. The number of phenolic OH excluding ortho intramolecular Hbond substituents is 1. The molecule has 0 saturated carbocycles. The van der Waals surface area contributed by atoms with Crippen LogP contribution in [-0.2, 0) is 11.4 Å². The first kappa shape index (κ1) is 15.6. The number of hydrogen-bond acceptors (Lipinski definition) is 5. The van der Waals surface area contributed by atoms with Crippen molar-refractivity contribution in [1.29, 1.82) is 0 Å². The Morgan fingerprint density at radius 2 is 2.04 bits per heavy atom. The first-order valence-electron chi connectivity index (χ1n) is 6.86. The Balaban J connectivity index is 1.71. The highest BCUT2D eigenvalue weighted by molar-refractivity contribution is 8.26. The Morgan fingerprint density at radius 1 is 1.22 bits per heavy atom. The van der Waals surface area contributed by atoms with Gasteiger partial charge in [-0.1, -0.05) is 48.2 Å². The molecule has 0 radical (unpaired) electrons. The summed E-state index contributed by atoms with van der Waals surface area (Å²) in [5, 5.41) is 12.0. The molecule has 0 unspecified atom stereocenters. The summed E-state index contributed by atoms with van der Waals surface area (Å²) >= 11 is 6.22. The van der Waals surface area contributed by atoms with Gasteiger partial charge < -0.3 is 15.2 Å². The fraction of sp³-hybridized carbons (Fsp3) is 0.0588. The highest BCUT2D eigenvalue weighted by Gasteiger charge is 2.21. The van der Waals surface area contributed by atoms with Crippen molar-refractivity contribution in [3.63, 3.8) is 0 Å². The van der Waals surface area contributed by atoms with Crippen LogP contribution in [0.4, 0.5) is 0 Å². The highest BCUT2D eigenvalue weighted by Crippen LogP contribution is 2.27. The maximum absolute atomic E-state index is 11.7. The molecule has 0 aliphatic carbocycles. The minimum Gasteiger partial charge on any atom is -0.508 e. The van der Waals surface area contributed by atoms with Gasteiger partial charge in [0, 0.05) is 0 Å². The molecular formula is C17H13NO3S2. The summed E-state index contributed by atoms with van der Waals surface area (Å²) in [6, 6.07) is 14.4. The van der Waals surface area contributed by atoms with Gasteiger partial charge in [0.1, 0.15) is 22.4 Å². The largest absolute Gasteiger partial charge is 0.508 e. The van der Waals surface area contributed by atoms with Gasteiger partial charge in [-0.25, -0.2) is 0 Å². The molecule has 3 rings (SSSR count). The topological polar surface area (TPSA) is 58.6 Å². The van der Waals surface area contributed by atoms with Crippen LogP contribution in [0.5, 0.6) is 11.5 Å². The molecule has 1 fully saturated rings. The smallest absolute Gasteiger partial charge is 0.263 e. The number of phenols is 1. The fourth-order valence-corrected chi connectivity index (χ4v) is 3.12. The van der Waals surface area contributed by atoms with Gasteiger partial charge in [0.05, 0.1) is 4.91 Å². The van der Waals surface area contributed by atoms with E-state index < -0.39 is 0 Å². The van der Waals surface area contributed by atoms with Gasteiger partial charge >= 0.3 is 0 Å². The predicted octanol–water partition coefficient (Wildman–Crippen LogP) is 3.46. The lowest BCUT2D eigenvalue weighted by atomic mass is 10.2. The van der Waals surface area contributed by atoms with Gasteiger partial charge in [0.25, 0.3) is 5.91 Å². The SMILES string of the molecule is O=C1NC(=S)SC1=Cc1cccc(OCc2cccc(O)c2)c1. The van der Waals surface area contributed by atoms with Crippen molar-refractivity contribution in [2.45, 2.75) is 6.61 Å².